The van der Waals surface area contributed by atoms with E-state index in [-0.39, 0.29) is 15.7 Å². The molecule has 0 aliphatic heterocycles. The van der Waals surface area contributed by atoms with Gasteiger partial charge in [-0.15, -0.1) is 0 Å². The molecule has 0 fully saturated rings. The number of hydrogen-bond donors (Lipinski definition) is 1. The zero-order valence-corrected chi connectivity index (χ0v) is 14.1. The molecule has 21 heavy (non-hydrogen) atoms. The number of hydrazone groups is 1. The molecule has 1 N–H and O–H groups in total. The SMILES string of the molecule is CC(C)=NNC(=O)CN(c1cccc(Cl)c1Cl)S(C)(=O)=O. The van der Waals surface area contributed by atoms with Crippen LogP contribution in [0.3, 0.4) is 0 Å². The first kappa shape index (κ1) is 17.7. The number of amides is 1. The Labute approximate surface area is 133 Å². The first-order valence-corrected chi connectivity index (χ1v) is 8.45. The van der Waals surface area contributed by atoms with Crippen molar-refractivity contribution in [2.45, 2.75) is 13.8 Å². The minimum atomic E-state index is -3.71. The molecular weight excluding hydrogens is 337 g/mol. The van der Waals surface area contributed by atoms with Gasteiger partial charge in [0.15, 0.2) is 0 Å². The number of benzene rings is 1. The second-order valence-electron chi connectivity index (χ2n) is 4.44. The number of carbonyl (C=O) groups excluding carboxylic acids is 1. The predicted octanol–water partition coefficient (Wildman–Crippen LogP) is 2.27. The molecule has 0 bridgehead atoms. The maximum Gasteiger partial charge on any atom is 0.260 e. The maximum absolute atomic E-state index is 11.9. The molecule has 0 atom stereocenters. The normalized spacial score (nSPS) is 10.9. The van der Waals surface area contributed by atoms with Gasteiger partial charge in [-0.1, -0.05) is 29.3 Å². The van der Waals surface area contributed by atoms with E-state index in [1.807, 2.05) is 0 Å². The van der Waals surface area contributed by atoms with Crippen LogP contribution >= 0.6 is 23.2 Å². The summed E-state index contributed by atoms with van der Waals surface area (Å²) in [6.07, 6.45) is 0.978. The second-order valence-corrected chi connectivity index (χ2v) is 7.13. The van der Waals surface area contributed by atoms with Crippen molar-refractivity contribution in [1.29, 1.82) is 0 Å². The Bertz CT molecular complexity index is 670. The highest BCUT2D eigenvalue weighted by atomic mass is 35.5. The average Bonchev–Trinajstić information content (AvgIpc) is 2.36. The van der Waals surface area contributed by atoms with Gasteiger partial charge in [0.2, 0.25) is 10.0 Å². The molecule has 0 aliphatic carbocycles. The van der Waals surface area contributed by atoms with Crippen LogP contribution in [-0.4, -0.2) is 32.8 Å². The summed E-state index contributed by atoms with van der Waals surface area (Å²) in [5.74, 6) is -0.585. The number of rotatable bonds is 5. The first-order valence-electron chi connectivity index (χ1n) is 5.84. The molecule has 6 nitrogen and oxygen atoms in total. The molecular formula is C12H15Cl2N3O3S. The third kappa shape index (κ3) is 5.18. The molecule has 9 heteroatoms. The molecule has 0 saturated carbocycles. The summed E-state index contributed by atoms with van der Waals surface area (Å²) in [6.45, 7) is 2.95. The fourth-order valence-electron chi connectivity index (χ4n) is 1.41. The maximum atomic E-state index is 11.9. The number of anilines is 1. The highest BCUT2D eigenvalue weighted by molar-refractivity contribution is 7.92. The zero-order valence-electron chi connectivity index (χ0n) is 11.7. The summed E-state index contributed by atoms with van der Waals surface area (Å²) in [5, 5.41) is 3.99. The van der Waals surface area contributed by atoms with Gasteiger partial charge in [-0.2, -0.15) is 5.10 Å². The van der Waals surface area contributed by atoms with Gasteiger partial charge < -0.3 is 0 Å². The lowest BCUT2D eigenvalue weighted by molar-refractivity contribution is -0.119. The molecule has 0 saturated heterocycles. The average molecular weight is 352 g/mol. The molecule has 1 aromatic carbocycles. The smallest absolute Gasteiger partial charge is 0.260 e. The van der Waals surface area contributed by atoms with Crippen LogP contribution in [-0.2, 0) is 14.8 Å². The van der Waals surface area contributed by atoms with E-state index in [1.165, 1.54) is 12.1 Å². The number of sulfonamides is 1. The molecule has 116 valence electrons. The fraction of sp³-hybridized carbons (Fsp3) is 0.333. The number of nitrogens with one attached hydrogen (secondary N) is 1. The van der Waals surface area contributed by atoms with Gasteiger partial charge in [0, 0.05) is 5.71 Å². The van der Waals surface area contributed by atoms with E-state index in [0.29, 0.717) is 5.71 Å². The summed E-state index contributed by atoms with van der Waals surface area (Å²) in [5.41, 5.74) is 3.03. The summed E-state index contributed by atoms with van der Waals surface area (Å²) in [6, 6.07) is 4.55. The Hall–Kier alpha value is -1.31. The van der Waals surface area contributed by atoms with Crippen LogP contribution in [0.1, 0.15) is 13.8 Å². The topological polar surface area (TPSA) is 78.8 Å². The third-order valence-electron chi connectivity index (χ3n) is 2.29. The molecule has 0 radical (unpaired) electrons. The van der Waals surface area contributed by atoms with Gasteiger partial charge in [-0.25, -0.2) is 13.8 Å². The number of nitrogens with zero attached hydrogens (tertiary/aromatic N) is 2. The van der Waals surface area contributed by atoms with Crippen LogP contribution in [0.15, 0.2) is 23.3 Å². The lowest BCUT2D eigenvalue weighted by Gasteiger charge is -2.22. The van der Waals surface area contributed by atoms with Crippen molar-refractivity contribution in [2.24, 2.45) is 5.10 Å². The van der Waals surface area contributed by atoms with Crippen LogP contribution in [0.4, 0.5) is 5.69 Å². The van der Waals surface area contributed by atoms with Gasteiger partial charge >= 0.3 is 0 Å². The molecule has 0 unspecified atom stereocenters. The molecule has 0 heterocycles. The van der Waals surface area contributed by atoms with Crippen LogP contribution in [0.25, 0.3) is 0 Å². The van der Waals surface area contributed by atoms with Crippen molar-refractivity contribution in [2.75, 3.05) is 17.1 Å². The predicted molar refractivity (Wildman–Crippen MR) is 85.6 cm³/mol. The van der Waals surface area contributed by atoms with Crippen molar-refractivity contribution in [1.82, 2.24) is 5.43 Å². The standard InChI is InChI=1S/C12H15Cl2N3O3S/c1-8(2)15-16-11(18)7-17(21(3,19)20)10-6-4-5-9(13)12(10)14/h4-6H,7H2,1-3H3,(H,16,18). The van der Waals surface area contributed by atoms with Crippen LogP contribution < -0.4 is 9.73 Å². The monoisotopic (exact) mass is 351 g/mol. The van der Waals surface area contributed by atoms with E-state index < -0.39 is 22.5 Å². The van der Waals surface area contributed by atoms with Crippen molar-refractivity contribution < 1.29 is 13.2 Å². The Morgan fingerprint density at radius 2 is 1.95 bits per heavy atom. The largest absolute Gasteiger partial charge is 0.271 e. The number of hydrogen-bond acceptors (Lipinski definition) is 4. The summed E-state index contributed by atoms with van der Waals surface area (Å²) >= 11 is 11.9. The molecule has 0 spiro atoms. The van der Waals surface area contributed by atoms with Gasteiger partial charge in [-0.3, -0.25) is 9.10 Å². The van der Waals surface area contributed by atoms with E-state index in [2.05, 4.69) is 10.5 Å². The molecule has 0 aromatic heterocycles. The zero-order chi connectivity index (χ0) is 16.2. The minimum Gasteiger partial charge on any atom is -0.271 e. The highest BCUT2D eigenvalue weighted by Crippen LogP contribution is 2.33. The molecule has 1 aromatic rings. The van der Waals surface area contributed by atoms with E-state index in [0.717, 1.165) is 10.6 Å². The van der Waals surface area contributed by atoms with Crippen molar-refractivity contribution in [3.63, 3.8) is 0 Å². The Kier molecular flexibility index (Phi) is 6.00. The van der Waals surface area contributed by atoms with Gasteiger partial charge in [0.05, 0.1) is 22.0 Å². The van der Waals surface area contributed by atoms with Crippen molar-refractivity contribution >= 4 is 50.5 Å². The quantitative estimate of drug-likeness (QED) is 0.652. The highest BCUT2D eigenvalue weighted by Gasteiger charge is 2.23. The van der Waals surface area contributed by atoms with E-state index in [1.54, 1.807) is 19.9 Å². The lowest BCUT2D eigenvalue weighted by atomic mass is 10.3. The molecule has 1 amide bonds. The Morgan fingerprint density at radius 3 is 2.48 bits per heavy atom. The van der Waals surface area contributed by atoms with Crippen LogP contribution in [0.2, 0.25) is 10.0 Å². The van der Waals surface area contributed by atoms with Crippen LogP contribution in [0, 0.1) is 0 Å². The second kappa shape index (κ2) is 7.11. The molecule has 1 rings (SSSR count). The molecule has 0 aliphatic rings. The first-order chi connectivity index (χ1) is 9.62. The van der Waals surface area contributed by atoms with Crippen molar-refractivity contribution in [3.8, 4) is 0 Å². The lowest BCUT2D eigenvalue weighted by Crippen LogP contribution is -2.39. The summed E-state index contributed by atoms with van der Waals surface area (Å²) < 4.78 is 24.6. The Morgan fingerprint density at radius 1 is 1.33 bits per heavy atom. The Balaban J connectivity index is 3.12. The van der Waals surface area contributed by atoms with E-state index in [4.69, 9.17) is 23.2 Å². The van der Waals surface area contributed by atoms with E-state index >= 15 is 0 Å². The van der Waals surface area contributed by atoms with Crippen molar-refractivity contribution in [3.05, 3.63) is 28.2 Å². The summed E-state index contributed by atoms with van der Waals surface area (Å²) in [7, 11) is -3.71. The van der Waals surface area contributed by atoms with Gasteiger partial charge in [0.25, 0.3) is 5.91 Å². The number of carbonyl (C=O) groups is 1. The van der Waals surface area contributed by atoms with E-state index in [9.17, 15) is 13.2 Å². The van der Waals surface area contributed by atoms with Gasteiger partial charge in [-0.05, 0) is 26.0 Å². The third-order valence-corrected chi connectivity index (χ3v) is 4.23. The number of halogens is 2. The van der Waals surface area contributed by atoms with Gasteiger partial charge in [0.1, 0.15) is 6.54 Å². The fourth-order valence-corrected chi connectivity index (χ4v) is 2.71. The minimum absolute atomic E-state index is 0.0626. The van der Waals surface area contributed by atoms with Crippen LogP contribution in [0.5, 0.6) is 0 Å². The summed E-state index contributed by atoms with van der Waals surface area (Å²) in [4.78, 5) is 11.8.